The fourth-order valence-corrected chi connectivity index (χ4v) is 4.70. The lowest BCUT2D eigenvalue weighted by molar-refractivity contribution is -0.137. The van der Waals surface area contributed by atoms with Crippen molar-refractivity contribution in [2.45, 2.75) is 38.1 Å². The summed E-state index contributed by atoms with van der Waals surface area (Å²) < 4.78 is 44.3. The highest BCUT2D eigenvalue weighted by molar-refractivity contribution is 6.01. The molecule has 0 radical (unpaired) electrons. The van der Waals surface area contributed by atoms with E-state index in [2.05, 4.69) is 19.9 Å². The number of nitrogens with zero attached hydrogens (tertiary/aromatic N) is 5. The maximum atomic E-state index is 13.6. The van der Waals surface area contributed by atoms with Crippen molar-refractivity contribution < 1.29 is 22.7 Å². The highest BCUT2D eigenvalue weighted by atomic mass is 19.4. The molecule has 0 aromatic carbocycles. The van der Waals surface area contributed by atoms with Gasteiger partial charge in [0.1, 0.15) is 6.10 Å². The lowest BCUT2D eigenvalue weighted by atomic mass is 10.0. The van der Waals surface area contributed by atoms with Crippen molar-refractivity contribution >= 4 is 5.91 Å². The quantitative estimate of drug-likeness (QED) is 0.593. The van der Waals surface area contributed by atoms with Crippen LogP contribution >= 0.6 is 0 Å². The molecule has 2 aliphatic rings. The minimum Gasteiger partial charge on any atom is -0.472 e. The molecule has 7 nitrogen and oxygen atoms in total. The average Bonchev–Trinajstić information content (AvgIpc) is 3.39. The third-order valence-corrected chi connectivity index (χ3v) is 6.18. The van der Waals surface area contributed by atoms with Gasteiger partial charge in [-0.25, -0.2) is 15.0 Å². The Morgan fingerprint density at radius 1 is 1.06 bits per heavy atom. The van der Waals surface area contributed by atoms with Gasteiger partial charge in [0.2, 0.25) is 5.88 Å². The van der Waals surface area contributed by atoms with E-state index >= 15 is 0 Å². The molecule has 2 fully saturated rings. The van der Waals surface area contributed by atoms with Crippen molar-refractivity contribution in [3.05, 3.63) is 65.9 Å². The highest BCUT2D eigenvalue weighted by Crippen LogP contribution is 2.41. The van der Waals surface area contributed by atoms with E-state index in [9.17, 15) is 18.0 Å². The van der Waals surface area contributed by atoms with E-state index in [-0.39, 0.29) is 29.9 Å². The number of aromatic nitrogens is 4. The summed E-state index contributed by atoms with van der Waals surface area (Å²) in [4.78, 5) is 32.1. The Morgan fingerprint density at radius 3 is 2.52 bits per heavy atom. The minimum atomic E-state index is -4.46. The molecule has 4 heterocycles. The molecular weight excluding hydrogens is 435 g/mol. The Balaban J connectivity index is 1.38. The van der Waals surface area contributed by atoms with Gasteiger partial charge in [0.25, 0.3) is 5.91 Å². The first-order valence-corrected chi connectivity index (χ1v) is 10.5. The Hall–Kier alpha value is -3.56. The fraction of sp³-hybridized carbons (Fsp3) is 0.348. The van der Waals surface area contributed by atoms with Crippen LogP contribution in [0, 0.1) is 12.8 Å². The Labute approximate surface area is 187 Å². The summed E-state index contributed by atoms with van der Waals surface area (Å²) in [6.45, 7) is 2.36. The van der Waals surface area contributed by atoms with E-state index in [1.54, 1.807) is 42.5 Å². The van der Waals surface area contributed by atoms with Gasteiger partial charge in [-0.2, -0.15) is 13.2 Å². The van der Waals surface area contributed by atoms with Crippen LogP contribution < -0.4 is 4.74 Å². The number of carbonyl (C=O) groups is 1. The average molecular weight is 455 g/mol. The van der Waals surface area contributed by atoms with Gasteiger partial charge in [0.05, 0.1) is 22.9 Å². The number of pyridine rings is 2. The van der Waals surface area contributed by atoms with E-state index in [0.717, 1.165) is 25.1 Å². The van der Waals surface area contributed by atoms with Crippen LogP contribution in [0.3, 0.4) is 0 Å². The molecule has 3 aromatic heterocycles. The molecule has 1 aliphatic carbocycles. The van der Waals surface area contributed by atoms with Crippen LogP contribution in [0.25, 0.3) is 11.4 Å². The van der Waals surface area contributed by atoms with Crippen LogP contribution in [0.5, 0.6) is 5.88 Å². The van der Waals surface area contributed by atoms with Crippen molar-refractivity contribution in [1.82, 2.24) is 24.8 Å². The van der Waals surface area contributed by atoms with Crippen LogP contribution in [0.1, 0.15) is 34.5 Å². The van der Waals surface area contributed by atoms with Gasteiger partial charge in [0, 0.05) is 43.0 Å². The van der Waals surface area contributed by atoms with Gasteiger partial charge in [-0.15, -0.1) is 0 Å². The van der Waals surface area contributed by atoms with Crippen molar-refractivity contribution in [2.75, 3.05) is 6.54 Å². The van der Waals surface area contributed by atoms with E-state index in [4.69, 9.17) is 4.74 Å². The summed E-state index contributed by atoms with van der Waals surface area (Å²) in [7, 11) is 0. The van der Waals surface area contributed by atoms with Crippen LogP contribution in [0.15, 0.2) is 49.1 Å². The lowest BCUT2D eigenvalue weighted by Crippen LogP contribution is -2.47. The largest absolute Gasteiger partial charge is 0.472 e. The summed E-state index contributed by atoms with van der Waals surface area (Å²) in [5.74, 6) is 0.636. The van der Waals surface area contributed by atoms with Crippen LogP contribution in [0.4, 0.5) is 13.2 Å². The lowest BCUT2D eigenvalue weighted by Gasteiger charge is -2.33. The standard InChI is InChI=1S/C23H20F3N5O2/c1-13-20(16(5-8-27-13)21-28-6-2-7-29-21)22(32)31-12-14-9-17(31)18(10-14)33-19-4-3-15(11-30-19)23(24,25)26/h2-8,11,14,17-18H,9-10,12H2,1H3. The summed E-state index contributed by atoms with van der Waals surface area (Å²) in [5, 5.41) is 0. The Morgan fingerprint density at radius 2 is 1.85 bits per heavy atom. The van der Waals surface area contributed by atoms with E-state index < -0.39 is 11.7 Å². The first-order chi connectivity index (χ1) is 15.8. The number of carbonyl (C=O) groups excluding carboxylic acids is 1. The molecule has 170 valence electrons. The summed E-state index contributed by atoms with van der Waals surface area (Å²) in [6.07, 6.45) is 2.31. The second-order valence-electron chi connectivity index (χ2n) is 8.29. The fourth-order valence-electron chi connectivity index (χ4n) is 4.70. The molecule has 10 heteroatoms. The molecule has 5 rings (SSSR count). The van der Waals surface area contributed by atoms with Gasteiger partial charge >= 0.3 is 6.18 Å². The molecule has 33 heavy (non-hydrogen) atoms. The van der Waals surface area contributed by atoms with Crippen molar-refractivity contribution in [3.8, 4) is 17.3 Å². The molecule has 1 saturated heterocycles. The Bertz CT molecular complexity index is 1170. The number of hydrogen-bond donors (Lipinski definition) is 0. The normalized spacial score (nSPS) is 21.9. The van der Waals surface area contributed by atoms with Crippen molar-refractivity contribution in [1.29, 1.82) is 0 Å². The molecule has 3 aromatic rings. The summed E-state index contributed by atoms with van der Waals surface area (Å²) in [6, 6.07) is 5.40. The van der Waals surface area contributed by atoms with Crippen molar-refractivity contribution in [3.63, 3.8) is 0 Å². The van der Waals surface area contributed by atoms with Gasteiger partial charge in [-0.3, -0.25) is 9.78 Å². The number of piperidine rings is 1. The molecule has 3 atom stereocenters. The second kappa shape index (κ2) is 8.09. The predicted molar refractivity (Wildman–Crippen MR) is 111 cm³/mol. The highest BCUT2D eigenvalue weighted by Gasteiger charge is 2.49. The molecule has 0 spiro atoms. The first-order valence-electron chi connectivity index (χ1n) is 10.5. The van der Waals surface area contributed by atoms with Gasteiger partial charge in [0.15, 0.2) is 5.82 Å². The number of alkyl halides is 3. The van der Waals surface area contributed by atoms with Crippen molar-refractivity contribution in [2.24, 2.45) is 5.92 Å². The molecule has 1 saturated carbocycles. The minimum absolute atomic E-state index is 0.115. The monoisotopic (exact) mass is 455 g/mol. The zero-order valence-corrected chi connectivity index (χ0v) is 17.7. The zero-order valence-electron chi connectivity index (χ0n) is 17.7. The van der Waals surface area contributed by atoms with E-state index in [1.807, 2.05) is 0 Å². The molecule has 1 amide bonds. The molecular formula is C23H20F3N5O2. The predicted octanol–water partition coefficient (Wildman–Crippen LogP) is 3.94. The number of aryl methyl sites for hydroxylation is 1. The molecule has 2 bridgehead atoms. The van der Waals surface area contributed by atoms with Crippen LogP contribution in [-0.4, -0.2) is 49.4 Å². The molecule has 1 aliphatic heterocycles. The first kappa shape index (κ1) is 21.3. The van der Waals surface area contributed by atoms with Crippen LogP contribution in [-0.2, 0) is 6.18 Å². The maximum absolute atomic E-state index is 13.6. The summed E-state index contributed by atoms with van der Waals surface area (Å²) in [5.41, 5.74) is 0.803. The number of rotatable bonds is 4. The number of likely N-dealkylation sites (tertiary alicyclic amines) is 1. The van der Waals surface area contributed by atoms with Crippen LogP contribution in [0.2, 0.25) is 0 Å². The molecule has 3 unspecified atom stereocenters. The number of amides is 1. The van der Waals surface area contributed by atoms with Gasteiger partial charge < -0.3 is 9.64 Å². The van der Waals surface area contributed by atoms with Gasteiger partial charge in [-0.1, -0.05) is 0 Å². The summed E-state index contributed by atoms with van der Waals surface area (Å²) >= 11 is 0. The zero-order chi connectivity index (χ0) is 23.2. The Kier molecular flexibility index (Phi) is 5.22. The smallest absolute Gasteiger partial charge is 0.417 e. The number of fused-ring (bicyclic) bond motifs is 2. The second-order valence-corrected chi connectivity index (χ2v) is 8.29. The number of halogens is 3. The van der Waals surface area contributed by atoms with E-state index in [0.29, 0.717) is 29.2 Å². The third-order valence-electron chi connectivity index (χ3n) is 6.18. The molecule has 0 N–H and O–H groups in total. The number of ether oxygens (including phenoxy) is 1. The third kappa shape index (κ3) is 4.01. The SMILES string of the molecule is Cc1nccc(-c2ncccn2)c1C(=O)N1CC2CC(Oc3ccc(C(F)(F)F)cn3)C1C2. The number of hydrogen-bond acceptors (Lipinski definition) is 6. The maximum Gasteiger partial charge on any atom is 0.417 e. The van der Waals surface area contributed by atoms with E-state index in [1.165, 1.54) is 6.07 Å². The van der Waals surface area contributed by atoms with Gasteiger partial charge in [-0.05, 0) is 43.9 Å². The topological polar surface area (TPSA) is 81.1 Å².